The van der Waals surface area contributed by atoms with Crippen molar-refractivity contribution >= 4 is 11.7 Å². The third-order valence-electron chi connectivity index (χ3n) is 6.39. The number of amides is 1. The number of nitrogens with zero attached hydrogens (tertiary/aromatic N) is 5. The number of aromatic nitrogens is 4. The number of fused-ring (bicyclic) bond motifs is 1. The summed E-state index contributed by atoms with van der Waals surface area (Å²) >= 11 is 0. The fraction of sp³-hybridized carbons (Fsp3) is 0.417. The average Bonchev–Trinajstić information content (AvgIpc) is 3.53. The van der Waals surface area contributed by atoms with Gasteiger partial charge in [0.05, 0.1) is 48.4 Å². The van der Waals surface area contributed by atoms with Crippen molar-refractivity contribution in [2.45, 2.75) is 45.2 Å². The zero-order valence-corrected chi connectivity index (χ0v) is 18.8. The molecule has 0 aromatic carbocycles. The minimum absolute atomic E-state index is 0.0578. The number of rotatable bonds is 5. The summed E-state index contributed by atoms with van der Waals surface area (Å²) in [4.78, 5) is 24.6. The number of hydrogen-bond donors (Lipinski definition) is 0. The monoisotopic (exact) mass is 433 g/mol. The second kappa shape index (κ2) is 7.70. The Hall–Kier alpha value is -3.26. The molecule has 3 aromatic rings. The third kappa shape index (κ3) is 3.17. The number of ether oxygens (including phenoxy) is 2. The van der Waals surface area contributed by atoms with E-state index in [1.807, 2.05) is 42.9 Å². The van der Waals surface area contributed by atoms with E-state index in [-0.39, 0.29) is 11.9 Å². The Balaban J connectivity index is 1.59. The summed E-state index contributed by atoms with van der Waals surface area (Å²) in [5.41, 5.74) is 3.40. The number of carbonyl (C=O) groups excluding carboxylic acids is 1. The van der Waals surface area contributed by atoms with Crippen LogP contribution in [0.2, 0.25) is 0 Å². The molecule has 1 fully saturated rings. The van der Waals surface area contributed by atoms with Gasteiger partial charge in [-0.1, -0.05) is 6.92 Å². The number of pyridine rings is 2. The topological polar surface area (TPSA) is 82.4 Å². The Morgan fingerprint density at radius 3 is 2.84 bits per heavy atom. The van der Waals surface area contributed by atoms with Gasteiger partial charge in [0, 0.05) is 30.6 Å². The average molecular weight is 434 g/mol. The highest BCUT2D eigenvalue weighted by molar-refractivity contribution is 6.12. The van der Waals surface area contributed by atoms with Crippen LogP contribution in [0.1, 0.15) is 54.8 Å². The first-order valence-corrected chi connectivity index (χ1v) is 10.9. The second-order valence-corrected chi connectivity index (χ2v) is 8.73. The van der Waals surface area contributed by atoms with Crippen LogP contribution in [0.3, 0.4) is 0 Å². The van der Waals surface area contributed by atoms with Crippen LogP contribution in [0.15, 0.2) is 36.8 Å². The summed E-state index contributed by atoms with van der Waals surface area (Å²) < 4.78 is 12.7. The molecule has 2 aliphatic rings. The van der Waals surface area contributed by atoms with Crippen molar-refractivity contribution in [1.29, 1.82) is 0 Å². The van der Waals surface area contributed by atoms with E-state index in [0.29, 0.717) is 23.7 Å². The summed E-state index contributed by atoms with van der Waals surface area (Å²) in [5, 5.41) is 4.75. The van der Waals surface area contributed by atoms with Crippen molar-refractivity contribution in [3.63, 3.8) is 0 Å². The maximum Gasteiger partial charge on any atom is 0.262 e. The van der Waals surface area contributed by atoms with Crippen LogP contribution >= 0.6 is 0 Å². The minimum atomic E-state index is -0.649. The Labute approximate surface area is 187 Å². The number of hydrogen-bond acceptors (Lipinski definition) is 6. The van der Waals surface area contributed by atoms with E-state index in [1.165, 1.54) is 0 Å². The van der Waals surface area contributed by atoms with Gasteiger partial charge in [-0.3, -0.25) is 19.4 Å². The quantitative estimate of drug-likeness (QED) is 0.609. The summed E-state index contributed by atoms with van der Waals surface area (Å²) in [6, 6.07) is 6.01. The first kappa shape index (κ1) is 20.6. The molecule has 1 atom stereocenters. The zero-order chi connectivity index (χ0) is 22.5. The van der Waals surface area contributed by atoms with E-state index < -0.39 is 5.54 Å². The summed E-state index contributed by atoms with van der Waals surface area (Å²) in [5.74, 6) is 1.25. The van der Waals surface area contributed by atoms with Crippen LogP contribution in [-0.4, -0.2) is 46.0 Å². The number of methoxy groups -OCH3 is 1. The molecule has 8 heteroatoms. The van der Waals surface area contributed by atoms with Crippen molar-refractivity contribution in [1.82, 2.24) is 19.7 Å². The maximum absolute atomic E-state index is 13.7. The fourth-order valence-corrected chi connectivity index (χ4v) is 4.62. The van der Waals surface area contributed by atoms with Gasteiger partial charge >= 0.3 is 0 Å². The predicted molar refractivity (Wildman–Crippen MR) is 120 cm³/mol. The van der Waals surface area contributed by atoms with Gasteiger partial charge in [-0.05, 0) is 44.4 Å². The van der Waals surface area contributed by atoms with Crippen molar-refractivity contribution in [3.8, 4) is 17.0 Å². The lowest BCUT2D eigenvalue weighted by Gasteiger charge is -2.30. The van der Waals surface area contributed by atoms with Crippen molar-refractivity contribution in [3.05, 3.63) is 53.6 Å². The summed E-state index contributed by atoms with van der Waals surface area (Å²) in [6.45, 7) is 7.49. The van der Waals surface area contributed by atoms with Crippen LogP contribution in [-0.2, 0) is 16.7 Å². The fourth-order valence-electron chi connectivity index (χ4n) is 4.62. The van der Waals surface area contributed by atoms with Gasteiger partial charge < -0.3 is 9.47 Å². The molecule has 8 nitrogen and oxygen atoms in total. The lowest BCUT2D eigenvalue weighted by atomic mass is 9.95. The van der Waals surface area contributed by atoms with E-state index >= 15 is 0 Å². The smallest absolute Gasteiger partial charge is 0.262 e. The molecule has 166 valence electrons. The maximum atomic E-state index is 13.7. The molecule has 5 heterocycles. The molecular weight excluding hydrogens is 406 g/mol. The molecule has 1 amide bonds. The highest BCUT2D eigenvalue weighted by atomic mass is 16.5. The number of anilines is 1. The summed E-state index contributed by atoms with van der Waals surface area (Å²) in [7, 11) is 1.62. The summed E-state index contributed by atoms with van der Waals surface area (Å²) in [6.07, 6.45) is 7.02. The Morgan fingerprint density at radius 2 is 2.12 bits per heavy atom. The van der Waals surface area contributed by atoms with Crippen LogP contribution in [0.5, 0.6) is 5.75 Å². The van der Waals surface area contributed by atoms with Gasteiger partial charge in [0.1, 0.15) is 5.75 Å². The molecule has 0 aliphatic carbocycles. The van der Waals surface area contributed by atoms with E-state index in [1.54, 1.807) is 24.4 Å². The lowest BCUT2D eigenvalue weighted by Crippen LogP contribution is -2.40. The van der Waals surface area contributed by atoms with Gasteiger partial charge in [0.15, 0.2) is 5.82 Å². The number of carbonyl (C=O) groups is 1. The molecule has 0 bridgehead atoms. The van der Waals surface area contributed by atoms with E-state index in [4.69, 9.17) is 19.6 Å². The predicted octanol–water partition coefficient (Wildman–Crippen LogP) is 3.77. The molecule has 0 radical (unpaired) electrons. The van der Waals surface area contributed by atoms with E-state index in [9.17, 15) is 4.79 Å². The molecule has 2 aliphatic heterocycles. The van der Waals surface area contributed by atoms with Gasteiger partial charge in [-0.15, -0.1) is 0 Å². The molecular formula is C24H27N5O3. The van der Waals surface area contributed by atoms with Gasteiger partial charge in [-0.2, -0.15) is 5.10 Å². The zero-order valence-electron chi connectivity index (χ0n) is 18.8. The highest BCUT2D eigenvalue weighted by Crippen LogP contribution is 2.43. The molecule has 1 saturated heterocycles. The van der Waals surface area contributed by atoms with Gasteiger partial charge in [-0.25, -0.2) is 4.98 Å². The van der Waals surface area contributed by atoms with E-state index in [2.05, 4.69) is 11.9 Å². The van der Waals surface area contributed by atoms with Crippen molar-refractivity contribution in [2.24, 2.45) is 0 Å². The van der Waals surface area contributed by atoms with Crippen molar-refractivity contribution < 1.29 is 14.3 Å². The van der Waals surface area contributed by atoms with Gasteiger partial charge in [0.2, 0.25) is 0 Å². The van der Waals surface area contributed by atoms with Crippen LogP contribution < -0.4 is 9.64 Å². The Kier molecular flexibility index (Phi) is 4.97. The molecule has 0 unspecified atom stereocenters. The first-order chi connectivity index (χ1) is 15.4. The van der Waals surface area contributed by atoms with Crippen molar-refractivity contribution in [2.75, 3.05) is 25.2 Å². The Morgan fingerprint density at radius 1 is 1.28 bits per heavy atom. The standard InChI is InChI=1S/C24H27N5O3/c1-5-15-11-19(16-10-18(31-4)13-25-12-16)26-22-21(15)23(30)29(24(22,2)3)20-6-8-28(27-20)17-7-9-32-14-17/h6,8,10-13,17H,5,7,9,14H2,1-4H3/t17-/m1/s1. The van der Waals surface area contributed by atoms with Crippen LogP contribution in [0.4, 0.5) is 5.82 Å². The molecule has 0 saturated carbocycles. The third-order valence-corrected chi connectivity index (χ3v) is 6.39. The normalized spacial score (nSPS) is 19.4. The molecule has 0 N–H and O–H groups in total. The van der Waals surface area contributed by atoms with Crippen LogP contribution in [0.25, 0.3) is 11.3 Å². The molecule has 32 heavy (non-hydrogen) atoms. The lowest BCUT2D eigenvalue weighted by molar-refractivity contribution is 0.0980. The number of aryl methyl sites for hydroxylation is 1. The first-order valence-electron chi connectivity index (χ1n) is 10.9. The second-order valence-electron chi connectivity index (χ2n) is 8.73. The molecule has 5 rings (SSSR count). The molecule has 3 aromatic heterocycles. The molecule has 0 spiro atoms. The highest BCUT2D eigenvalue weighted by Gasteiger charge is 2.47. The van der Waals surface area contributed by atoms with Gasteiger partial charge in [0.25, 0.3) is 5.91 Å². The Bertz CT molecular complexity index is 1180. The van der Waals surface area contributed by atoms with E-state index in [0.717, 1.165) is 42.0 Å². The largest absolute Gasteiger partial charge is 0.495 e. The SMILES string of the molecule is CCc1cc(-c2cncc(OC)c2)nc2c1C(=O)N(c1ccn([C@@H]3CCOC3)n1)C2(C)C. The minimum Gasteiger partial charge on any atom is -0.495 e. The van der Waals surface area contributed by atoms with Crippen LogP contribution in [0, 0.1) is 0 Å².